The van der Waals surface area contributed by atoms with Crippen molar-refractivity contribution in [3.8, 4) is 5.75 Å². The van der Waals surface area contributed by atoms with Gasteiger partial charge in [0.25, 0.3) is 0 Å². The van der Waals surface area contributed by atoms with Crippen molar-refractivity contribution in [2.45, 2.75) is 12.5 Å². The smallest absolute Gasteiger partial charge is 0.119 e. The number of methoxy groups -OCH3 is 1. The normalized spacial score (nSPS) is 12.2. The molecule has 0 aliphatic heterocycles. The Morgan fingerprint density at radius 2 is 2.38 bits per heavy atom. The van der Waals surface area contributed by atoms with Gasteiger partial charge in [0.15, 0.2) is 0 Å². The Labute approximate surface area is 79.0 Å². The SMILES string of the molecule is C=CC[C@H](N)c1cccc(OC)c1. The molecule has 0 fully saturated rings. The van der Waals surface area contributed by atoms with E-state index in [0.717, 1.165) is 17.7 Å². The van der Waals surface area contributed by atoms with Crippen LogP contribution in [0.4, 0.5) is 0 Å². The molecule has 0 amide bonds. The van der Waals surface area contributed by atoms with E-state index in [1.54, 1.807) is 7.11 Å². The van der Waals surface area contributed by atoms with Gasteiger partial charge in [-0.25, -0.2) is 0 Å². The van der Waals surface area contributed by atoms with Crippen LogP contribution in [0.3, 0.4) is 0 Å². The van der Waals surface area contributed by atoms with Crippen molar-refractivity contribution in [3.63, 3.8) is 0 Å². The average molecular weight is 177 g/mol. The summed E-state index contributed by atoms with van der Waals surface area (Å²) >= 11 is 0. The summed E-state index contributed by atoms with van der Waals surface area (Å²) in [6.07, 6.45) is 2.61. The molecule has 0 radical (unpaired) electrons. The van der Waals surface area contributed by atoms with Gasteiger partial charge in [-0.15, -0.1) is 6.58 Å². The highest BCUT2D eigenvalue weighted by Gasteiger charge is 2.03. The first-order valence-corrected chi connectivity index (χ1v) is 4.28. The highest BCUT2D eigenvalue weighted by molar-refractivity contribution is 5.30. The lowest BCUT2D eigenvalue weighted by Gasteiger charge is -2.10. The van der Waals surface area contributed by atoms with Crippen molar-refractivity contribution < 1.29 is 4.74 Å². The Balaban J connectivity index is 2.81. The predicted molar refractivity (Wildman–Crippen MR) is 54.7 cm³/mol. The Morgan fingerprint density at radius 3 is 3.00 bits per heavy atom. The molecule has 0 heterocycles. The third-order valence-electron chi connectivity index (χ3n) is 1.94. The lowest BCUT2D eigenvalue weighted by Crippen LogP contribution is -2.08. The first kappa shape index (κ1) is 9.81. The number of hydrogen-bond acceptors (Lipinski definition) is 2. The molecule has 1 rings (SSSR count). The average Bonchev–Trinajstić information content (AvgIpc) is 2.18. The second-order valence-electron chi connectivity index (χ2n) is 2.91. The summed E-state index contributed by atoms with van der Waals surface area (Å²) in [4.78, 5) is 0. The Morgan fingerprint density at radius 1 is 1.62 bits per heavy atom. The predicted octanol–water partition coefficient (Wildman–Crippen LogP) is 2.27. The van der Waals surface area contributed by atoms with Crippen LogP contribution in [-0.2, 0) is 0 Å². The highest BCUT2D eigenvalue weighted by atomic mass is 16.5. The van der Waals surface area contributed by atoms with Gasteiger partial charge in [0, 0.05) is 6.04 Å². The van der Waals surface area contributed by atoms with Crippen LogP contribution in [0.1, 0.15) is 18.0 Å². The van der Waals surface area contributed by atoms with Gasteiger partial charge in [0.1, 0.15) is 5.75 Å². The van der Waals surface area contributed by atoms with E-state index in [9.17, 15) is 0 Å². The molecule has 0 saturated carbocycles. The first-order chi connectivity index (χ1) is 6.27. The Kier molecular flexibility index (Phi) is 3.53. The van der Waals surface area contributed by atoms with Crippen LogP contribution in [0.15, 0.2) is 36.9 Å². The minimum Gasteiger partial charge on any atom is -0.497 e. The molecule has 0 bridgehead atoms. The molecular formula is C11H15NO. The molecule has 0 spiro atoms. The van der Waals surface area contributed by atoms with Gasteiger partial charge >= 0.3 is 0 Å². The number of rotatable bonds is 4. The number of benzene rings is 1. The largest absolute Gasteiger partial charge is 0.497 e. The van der Waals surface area contributed by atoms with Gasteiger partial charge in [-0.2, -0.15) is 0 Å². The topological polar surface area (TPSA) is 35.2 Å². The van der Waals surface area contributed by atoms with Gasteiger partial charge in [-0.05, 0) is 24.1 Å². The fourth-order valence-corrected chi connectivity index (χ4v) is 1.19. The van der Waals surface area contributed by atoms with Crippen LogP contribution in [0, 0.1) is 0 Å². The van der Waals surface area contributed by atoms with Gasteiger partial charge in [-0.1, -0.05) is 18.2 Å². The van der Waals surface area contributed by atoms with Crippen LogP contribution in [0.2, 0.25) is 0 Å². The van der Waals surface area contributed by atoms with Crippen LogP contribution >= 0.6 is 0 Å². The number of nitrogens with two attached hydrogens (primary N) is 1. The number of hydrogen-bond donors (Lipinski definition) is 1. The molecule has 2 heteroatoms. The van der Waals surface area contributed by atoms with Gasteiger partial charge in [0.05, 0.1) is 7.11 Å². The van der Waals surface area contributed by atoms with Gasteiger partial charge in [0.2, 0.25) is 0 Å². The van der Waals surface area contributed by atoms with Crippen LogP contribution < -0.4 is 10.5 Å². The minimum atomic E-state index is 0.0209. The van der Waals surface area contributed by atoms with Crippen LogP contribution in [0.25, 0.3) is 0 Å². The molecule has 2 nitrogen and oxygen atoms in total. The molecule has 0 aromatic heterocycles. The van der Waals surface area contributed by atoms with Crippen molar-refractivity contribution in [1.82, 2.24) is 0 Å². The van der Waals surface area contributed by atoms with E-state index in [0.29, 0.717) is 0 Å². The molecule has 0 aliphatic rings. The van der Waals surface area contributed by atoms with E-state index in [-0.39, 0.29) is 6.04 Å². The molecule has 0 aliphatic carbocycles. The van der Waals surface area contributed by atoms with E-state index in [4.69, 9.17) is 10.5 Å². The standard InChI is InChI=1S/C11H15NO/c1-3-5-11(12)9-6-4-7-10(8-9)13-2/h3-4,6-8,11H,1,5,12H2,2H3/t11-/m0/s1. The summed E-state index contributed by atoms with van der Waals surface area (Å²) in [5, 5.41) is 0. The third-order valence-corrected chi connectivity index (χ3v) is 1.94. The lowest BCUT2D eigenvalue weighted by atomic mass is 10.0. The molecule has 0 unspecified atom stereocenters. The molecule has 1 aromatic carbocycles. The number of ether oxygens (including phenoxy) is 1. The summed E-state index contributed by atoms with van der Waals surface area (Å²) in [5.74, 6) is 0.844. The van der Waals surface area contributed by atoms with Gasteiger partial charge < -0.3 is 10.5 Å². The summed E-state index contributed by atoms with van der Waals surface area (Å²) in [5.41, 5.74) is 6.98. The summed E-state index contributed by atoms with van der Waals surface area (Å²) in [7, 11) is 1.65. The maximum Gasteiger partial charge on any atom is 0.119 e. The quantitative estimate of drug-likeness (QED) is 0.716. The van der Waals surface area contributed by atoms with E-state index in [2.05, 4.69) is 6.58 Å². The molecular weight excluding hydrogens is 162 g/mol. The summed E-state index contributed by atoms with van der Waals surface area (Å²) < 4.78 is 5.10. The molecule has 70 valence electrons. The second kappa shape index (κ2) is 4.67. The maximum absolute atomic E-state index is 5.90. The van der Waals surface area contributed by atoms with Crippen molar-refractivity contribution in [3.05, 3.63) is 42.5 Å². The van der Waals surface area contributed by atoms with E-state index in [1.807, 2.05) is 30.3 Å². The lowest BCUT2D eigenvalue weighted by molar-refractivity contribution is 0.414. The molecule has 1 atom stereocenters. The van der Waals surface area contributed by atoms with Crippen molar-refractivity contribution in [2.24, 2.45) is 5.73 Å². The van der Waals surface area contributed by atoms with Gasteiger partial charge in [-0.3, -0.25) is 0 Å². The van der Waals surface area contributed by atoms with E-state index < -0.39 is 0 Å². The molecule has 0 saturated heterocycles. The van der Waals surface area contributed by atoms with E-state index in [1.165, 1.54) is 0 Å². The zero-order valence-corrected chi connectivity index (χ0v) is 7.86. The van der Waals surface area contributed by atoms with Crippen molar-refractivity contribution in [1.29, 1.82) is 0 Å². The summed E-state index contributed by atoms with van der Waals surface area (Å²) in [6.45, 7) is 3.66. The fraction of sp³-hybridized carbons (Fsp3) is 0.273. The van der Waals surface area contributed by atoms with Crippen LogP contribution in [0.5, 0.6) is 5.75 Å². The second-order valence-corrected chi connectivity index (χ2v) is 2.91. The zero-order valence-electron chi connectivity index (χ0n) is 7.86. The monoisotopic (exact) mass is 177 g/mol. The Hall–Kier alpha value is -1.28. The van der Waals surface area contributed by atoms with E-state index >= 15 is 0 Å². The molecule has 13 heavy (non-hydrogen) atoms. The molecule has 2 N–H and O–H groups in total. The van der Waals surface area contributed by atoms with Crippen LogP contribution in [-0.4, -0.2) is 7.11 Å². The highest BCUT2D eigenvalue weighted by Crippen LogP contribution is 2.19. The minimum absolute atomic E-state index is 0.0209. The van der Waals surface area contributed by atoms with Crippen molar-refractivity contribution >= 4 is 0 Å². The first-order valence-electron chi connectivity index (χ1n) is 4.28. The summed E-state index contributed by atoms with van der Waals surface area (Å²) in [6, 6.07) is 7.82. The van der Waals surface area contributed by atoms with Crippen molar-refractivity contribution in [2.75, 3.05) is 7.11 Å². The molecule has 1 aromatic rings. The maximum atomic E-state index is 5.90. The third kappa shape index (κ3) is 2.60. The Bertz CT molecular complexity index is 283. The fourth-order valence-electron chi connectivity index (χ4n) is 1.19. The zero-order chi connectivity index (χ0) is 9.68.